The molecular formula is C25H28ClFN5O8P. The van der Waals surface area contributed by atoms with Crippen LogP contribution >= 0.6 is 19.3 Å². The Morgan fingerprint density at radius 1 is 1.37 bits per heavy atom. The van der Waals surface area contributed by atoms with E-state index in [-0.39, 0.29) is 22.7 Å². The first-order chi connectivity index (χ1) is 19.4. The number of aromatic amines is 1. The number of hydrogen-bond donors (Lipinski definition) is 4. The van der Waals surface area contributed by atoms with E-state index < -0.39 is 62.1 Å². The lowest BCUT2D eigenvalue weighted by Crippen LogP contribution is -2.42. The monoisotopic (exact) mass is 611 g/mol. The Bertz CT molecular complexity index is 1570. The number of alkyl halides is 1. The number of aliphatic hydroxyl groups is 1. The van der Waals surface area contributed by atoms with Gasteiger partial charge in [-0.3, -0.25) is 19.1 Å². The average Bonchev–Trinajstić information content (AvgIpc) is 3.42. The molecule has 4 rings (SSSR count). The van der Waals surface area contributed by atoms with Gasteiger partial charge in [0.2, 0.25) is 11.6 Å². The molecule has 1 fully saturated rings. The topological polar surface area (TPSA) is 180 Å². The first-order valence-corrected chi connectivity index (χ1v) is 14.3. The molecule has 0 saturated carbocycles. The number of rotatable bonds is 10. The summed E-state index contributed by atoms with van der Waals surface area (Å²) in [6, 6.07) is 8.19. The van der Waals surface area contributed by atoms with Gasteiger partial charge >= 0.3 is 13.7 Å². The SMILES string of the molecule is CC(C)OC(=O)[C@H](C)NP(=O)(OC[C@H]1O[C@@H](n2ccc3c(=O)[nH]c(N)nc32)[C@@](F)(C#CCl)C1O)Oc1ccccc1. The second kappa shape index (κ2) is 12.2. The summed E-state index contributed by atoms with van der Waals surface area (Å²) in [5, 5.41) is 15.4. The summed E-state index contributed by atoms with van der Waals surface area (Å²) in [5.41, 5.74) is 2.22. The van der Waals surface area contributed by atoms with E-state index >= 15 is 4.39 Å². The van der Waals surface area contributed by atoms with Crippen LogP contribution in [0.1, 0.15) is 27.0 Å². The highest BCUT2D eigenvalue weighted by Crippen LogP contribution is 2.48. The number of nitrogens with one attached hydrogen (secondary N) is 2. The fraction of sp³-hybridized carbons (Fsp3) is 0.400. The third-order valence-corrected chi connectivity index (χ3v) is 7.71. The molecule has 2 unspecified atom stereocenters. The molecule has 5 N–H and O–H groups in total. The van der Waals surface area contributed by atoms with Gasteiger partial charge in [-0.25, -0.2) is 8.96 Å². The van der Waals surface area contributed by atoms with Crippen LogP contribution in [0.4, 0.5) is 10.3 Å². The molecule has 0 bridgehead atoms. The van der Waals surface area contributed by atoms with E-state index in [2.05, 4.69) is 21.0 Å². The largest absolute Gasteiger partial charge is 0.462 e. The molecular weight excluding hydrogens is 584 g/mol. The summed E-state index contributed by atoms with van der Waals surface area (Å²) in [6.07, 6.45) is -4.27. The Balaban J connectivity index is 1.62. The van der Waals surface area contributed by atoms with Gasteiger partial charge in [-0.1, -0.05) is 18.2 Å². The first-order valence-electron chi connectivity index (χ1n) is 12.4. The van der Waals surface area contributed by atoms with Crippen molar-refractivity contribution < 1.29 is 37.4 Å². The zero-order valence-electron chi connectivity index (χ0n) is 22.1. The number of fused-ring (bicyclic) bond motifs is 1. The van der Waals surface area contributed by atoms with Gasteiger partial charge in [0.1, 0.15) is 24.0 Å². The van der Waals surface area contributed by atoms with Crippen molar-refractivity contribution in [2.45, 2.75) is 57.0 Å². The van der Waals surface area contributed by atoms with Crippen molar-refractivity contribution in [1.29, 1.82) is 0 Å². The quantitative estimate of drug-likeness (QED) is 0.150. The number of nitrogens with two attached hydrogens (primary N) is 1. The maximum Gasteiger partial charge on any atom is 0.459 e. The Morgan fingerprint density at radius 3 is 2.73 bits per heavy atom. The van der Waals surface area contributed by atoms with Crippen LogP contribution in [0.5, 0.6) is 5.75 Å². The minimum absolute atomic E-state index is 0.0411. The highest BCUT2D eigenvalue weighted by molar-refractivity contribution is 7.52. The molecule has 13 nitrogen and oxygen atoms in total. The summed E-state index contributed by atoms with van der Waals surface area (Å²) >= 11 is 5.53. The zero-order chi connectivity index (χ0) is 29.9. The highest BCUT2D eigenvalue weighted by atomic mass is 35.5. The third kappa shape index (κ3) is 6.56. The number of halogens is 2. The number of aromatic nitrogens is 3. The normalized spacial score (nSPS) is 24.4. The lowest BCUT2D eigenvalue weighted by atomic mass is 9.97. The number of benzene rings is 1. The Labute approximate surface area is 238 Å². The van der Waals surface area contributed by atoms with Crippen LogP contribution in [-0.2, 0) is 23.4 Å². The molecule has 1 aliphatic heterocycles. The van der Waals surface area contributed by atoms with Crippen molar-refractivity contribution in [3.63, 3.8) is 0 Å². The van der Waals surface area contributed by atoms with E-state index in [9.17, 15) is 19.3 Å². The fourth-order valence-electron chi connectivity index (χ4n) is 4.12. The average molecular weight is 612 g/mol. The van der Waals surface area contributed by atoms with Gasteiger partial charge in [-0.05, 0) is 56.5 Å². The molecule has 1 saturated heterocycles. The van der Waals surface area contributed by atoms with E-state index in [1.807, 2.05) is 5.38 Å². The molecule has 1 aromatic carbocycles. The maximum atomic E-state index is 16.3. The number of aliphatic hydroxyl groups excluding tert-OH is 1. The molecule has 6 atom stereocenters. The zero-order valence-corrected chi connectivity index (χ0v) is 23.8. The van der Waals surface area contributed by atoms with Crippen molar-refractivity contribution in [3.8, 4) is 17.0 Å². The van der Waals surface area contributed by atoms with Crippen LogP contribution in [0.25, 0.3) is 11.0 Å². The molecule has 0 spiro atoms. The molecule has 2 aromatic heterocycles. The van der Waals surface area contributed by atoms with Gasteiger partial charge in [-0.2, -0.15) is 10.1 Å². The van der Waals surface area contributed by atoms with Gasteiger partial charge in [0.25, 0.3) is 5.56 Å². The Morgan fingerprint density at radius 2 is 2.07 bits per heavy atom. The van der Waals surface area contributed by atoms with E-state index in [1.165, 1.54) is 31.3 Å². The second-order valence-electron chi connectivity index (χ2n) is 9.40. The van der Waals surface area contributed by atoms with Gasteiger partial charge in [-0.15, -0.1) is 0 Å². The fourth-order valence-corrected chi connectivity index (χ4v) is 5.76. The molecule has 0 aliphatic carbocycles. The summed E-state index contributed by atoms with van der Waals surface area (Å²) in [6.45, 7) is 4.01. The number of para-hydroxylation sites is 1. The lowest BCUT2D eigenvalue weighted by molar-refractivity contribution is -0.149. The van der Waals surface area contributed by atoms with Gasteiger partial charge < -0.3 is 29.4 Å². The minimum Gasteiger partial charge on any atom is -0.462 e. The number of hydrogen-bond acceptors (Lipinski definition) is 10. The minimum atomic E-state index is -4.37. The number of nitrogens with zero attached hydrogens (tertiary/aromatic N) is 2. The van der Waals surface area contributed by atoms with Crippen molar-refractivity contribution in [3.05, 3.63) is 52.9 Å². The van der Waals surface area contributed by atoms with Crippen molar-refractivity contribution in [2.24, 2.45) is 0 Å². The summed E-state index contributed by atoms with van der Waals surface area (Å²) in [5.74, 6) is 1.29. The van der Waals surface area contributed by atoms with E-state index in [0.717, 1.165) is 4.57 Å². The molecule has 3 aromatic rings. The van der Waals surface area contributed by atoms with Crippen LogP contribution in [0.2, 0.25) is 0 Å². The molecule has 3 heterocycles. The van der Waals surface area contributed by atoms with Crippen molar-refractivity contribution >= 4 is 42.3 Å². The summed E-state index contributed by atoms with van der Waals surface area (Å²) in [7, 11) is -4.37. The number of H-pyrrole nitrogens is 1. The van der Waals surface area contributed by atoms with Gasteiger partial charge in [0.15, 0.2) is 11.9 Å². The van der Waals surface area contributed by atoms with Crippen molar-refractivity contribution in [2.75, 3.05) is 12.3 Å². The molecule has 0 radical (unpaired) electrons. The lowest BCUT2D eigenvalue weighted by Gasteiger charge is -2.25. The third-order valence-electron chi connectivity index (χ3n) is 5.97. The molecule has 0 amide bonds. The molecule has 16 heteroatoms. The van der Waals surface area contributed by atoms with E-state index in [4.69, 9.17) is 35.9 Å². The smallest absolute Gasteiger partial charge is 0.459 e. The second-order valence-corrected chi connectivity index (χ2v) is 11.3. The van der Waals surface area contributed by atoms with Crippen LogP contribution in [0.3, 0.4) is 0 Å². The van der Waals surface area contributed by atoms with Crippen LogP contribution in [0.15, 0.2) is 47.4 Å². The molecule has 41 heavy (non-hydrogen) atoms. The summed E-state index contributed by atoms with van der Waals surface area (Å²) in [4.78, 5) is 31.0. The van der Waals surface area contributed by atoms with Crippen molar-refractivity contribution in [1.82, 2.24) is 19.6 Å². The maximum absolute atomic E-state index is 16.3. The van der Waals surface area contributed by atoms with Crippen LogP contribution in [0, 0.1) is 11.3 Å². The summed E-state index contributed by atoms with van der Waals surface area (Å²) < 4.78 is 53.3. The van der Waals surface area contributed by atoms with E-state index in [0.29, 0.717) is 0 Å². The predicted molar refractivity (Wildman–Crippen MR) is 147 cm³/mol. The highest BCUT2D eigenvalue weighted by Gasteiger charge is 2.58. The predicted octanol–water partition coefficient (Wildman–Crippen LogP) is 2.61. The van der Waals surface area contributed by atoms with Gasteiger partial charge in [0, 0.05) is 11.6 Å². The van der Waals surface area contributed by atoms with Crippen LogP contribution in [-0.4, -0.2) is 62.2 Å². The van der Waals surface area contributed by atoms with E-state index in [1.54, 1.807) is 32.0 Å². The number of carbonyl (C=O) groups excluding carboxylic acids is 1. The van der Waals surface area contributed by atoms with Crippen LogP contribution < -0.4 is 20.9 Å². The molecule has 220 valence electrons. The number of ether oxygens (including phenoxy) is 2. The van der Waals surface area contributed by atoms with Gasteiger partial charge in [0.05, 0.1) is 18.1 Å². The Kier molecular flexibility index (Phi) is 9.08. The molecule has 1 aliphatic rings. The number of anilines is 1. The standard InChI is InChI=1S/C25H28ClFN5O8P/c1-14(2)38-22(35)15(3)31-41(36,40-16-7-5-4-6-8-16)37-13-18-19(33)25(27,10-11-26)23(39-18)32-12-9-17-20(32)29-24(28)30-21(17)34/h4-9,12,14-15,18-19,23,33H,13H2,1-3H3,(H,31,36)(H3,28,29,30,34)/t15-,18+,19?,23+,25+,41?/m0/s1. The number of nitrogen functional groups attached to an aromatic ring is 1. The number of esters is 1. The number of carbonyl (C=O) groups is 1. The first kappa shape index (κ1) is 30.5. The Hall–Kier alpha value is -3.44.